The second kappa shape index (κ2) is 10.4. The van der Waals surface area contributed by atoms with Crippen molar-refractivity contribution in [2.45, 2.75) is 37.8 Å². The number of H-pyrrole nitrogens is 1. The minimum Gasteiger partial charge on any atom is -0.464 e. The van der Waals surface area contributed by atoms with Gasteiger partial charge in [0.1, 0.15) is 22.6 Å². The minimum absolute atomic E-state index is 0.205. The van der Waals surface area contributed by atoms with Gasteiger partial charge in [-0.15, -0.1) is 0 Å². The molecular formula is C24H28N6O4. The van der Waals surface area contributed by atoms with E-state index in [0.29, 0.717) is 42.5 Å². The average molecular weight is 465 g/mol. The van der Waals surface area contributed by atoms with Gasteiger partial charge >= 0.3 is 5.97 Å². The Bertz CT molecular complexity index is 1160. The number of esters is 1. The molecule has 1 aromatic heterocycles. The van der Waals surface area contributed by atoms with Crippen LogP contribution in [-0.4, -0.2) is 64.5 Å². The number of aromatic amines is 1. The van der Waals surface area contributed by atoms with E-state index in [0.717, 1.165) is 5.56 Å². The number of rotatable bonds is 8. The molecule has 1 aliphatic rings. The van der Waals surface area contributed by atoms with Gasteiger partial charge in [-0.05, 0) is 56.6 Å². The van der Waals surface area contributed by atoms with Crippen molar-refractivity contribution in [2.24, 2.45) is 0 Å². The molecule has 1 saturated heterocycles. The van der Waals surface area contributed by atoms with Crippen LogP contribution >= 0.6 is 0 Å². The standard InChI is InChI=1S/C24H28N6O4/c1-2-34-22(32)20(14-16-6-4-3-5-7-16)26-23(33)24(10-12-25-13-11-24)27-21(31)17-8-9-18-19(15-17)29-30-28-18/h3-9,15,20,25H,2,10-14H2,1H3,(H,26,33)(H,27,31)(H,28,29,30). The highest BCUT2D eigenvalue weighted by Crippen LogP contribution is 2.21. The first kappa shape index (κ1) is 23.4. The molecular weight excluding hydrogens is 436 g/mol. The van der Waals surface area contributed by atoms with Crippen molar-refractivity contribution >= 4 is 28.8 Å². The summed E-state index contributed by atoms with van der Waals surface area (Å²) >= 11 is 0. The SMILES string of the molecule is CCOC(=O)C(Cc1ccccc1)NC(=O)C1(NC(=O)c2ccc3n[nH]nc3c2)CCNCC1. The Morgan fingerprint density at radius 3 is 2.53 bits per heavy atom. The van der Waals surface area contributed by atoms with E-state index in [9.17, 15) is 14.4 Å². The summed E-state index contributed by atoms with van der Waals surface area (Å²) in [6.45, 7) is 3.04. The van der Waals surface area contributed by atoms with Crippen molar-refractivity contribution in [1.82, 2.24) is 31.4 Å². The normalized spacial score (nSPS) is 15.9. The molecule has 0 aliphatic carbocycles. The maximum Gasteiger partial charge on any atom is 0.328 e. The zero-order valence-corrected chi connectivity index (χ0v) is 19.0. The fourth-order valence-electron chi connectivity index (χ4n) is 4.12. The average Bonchev–Trinajstić information content (AvgIpc) is 3.33. The van der Waals surface area contributed by atoms with Crippen molar-refractivity contribution in [3.8, 4) is 0 Å². The summed E-state index contributed by atoms with van der Waals surface area (Å²) in [4.78, 5) is 39.4. The number of nitrogens with one attached hydrogen (secondary N) is 4. The van der Waals surface area contributed by atoms with Crippen molar-refractivity contribution in [1.29, 1.82) is 0 Å². The molecule has 3 aromatic rings. The molecule has 0 saturated carbocycles. The summed E-state index contributed by atoms with van der Waals surface area (Å²) in [7, 11) is 0. The van der Waals surface area contributed by atoms with E-state index >= 15 is 0 Å². The third kappa shape index (κ3) is 5.23. The Kier molecular flexibility index (Phi) is 7.17. The van der Waals surface area contributed by atoms with Crippen LogP contribution in [0.5, 0.6) is 0 Å². The molecule has 34 heavy (non-hydrogen) atoms. The van der Waals surface area contributed by atoms with Gasteiger partial charge in [0.05, 0.1) is 6.61 Å². The van der Waals surface area contributed by atoms with E-state index < -0.39 is 29.4 Å². The summed E-state index contributed by atoms with van der Waals surface area (Å²) in [5.74, 6) is -1.30. The first-order chi connectivity index (χ1) is 16.5. The molecule has 1 fully saturated rings. The topological polar surface area (TPSA) is 138 Å². The molecule has 178 valence electrons. The van der Waals surface area contributed by atoms with Crippen molar-refractivity contribution in [3.05, 3.63) is 59.7 Å². The summed E-state index contributed by atoms with van der Waals surface area (Å²) in [6, 6.07) is 13.5. The van der Waals surface area contributed by atoms with Crippen LogP contribution in [0.4, 0.5) is 0 Å². The lowest BCUT2D eigenvalue weighted by Crippen LogP contribution is -2.64. The molecule has 0 radical (unpaired) electrons. The van der Waals surface area contributed by atoms with Crippen LogP contribution in [0.3, 0.4) is 0 Å². The lowest BCUT2D eigenvalue weighted by atomic mass is 9.86. The van der Waals surface area contributed by atoms with Gasteiger partial charge in [0, 0.05) is 12.0 Å². The predicted molar refractivity (Wildman–Crippen MR) is 125 cm³/mol. The molecule has 4 N–H and O–H groups in total. The number of nitrogens with zero attached hydrogens (tertiary/aromatic N) is 2. The zero-order valence-electron chi connectivity index (χ0n) is 19.0. The van der Waals surface area contributed by atoms with Crippen LogP contribution in [-0.2, 0) is 20.7 Å². The van der Waals surface area contributed by atoms with Gasteiger partial charge in [-0.25, -0.2) is 4.79 Å². The summed E-state index contributed by atoms with van der Waals surface area (Å²) in [5, 5.41) is 19.6. The number of benzene rings is 2. The third-order valence-electron chi connectivity index (χ3n) is 5.98. The van der Waals surface area contributed by atoms with Crippen molar-refractivity contribution in [3.63, 3.8) is 0 Å². The first-order valence-electron chi connectivity index (χ1n) is 11.4. The molecule has 1 atom stereocenters. The maximum absolute atomic E-state index is 13.6. The number of amides is 2. The number of ether oxygens (including phenoxy) is 1. The summed E-state index contributed by atoms with van der Waals surface area (Å²) in [5.41, 5.74) is 1.30. The lowest BCUT2D eigenvalue weighted by Gasteiger charge is -2.37. The number of piperidine rings is 1. The van der Waals surface area contributed by atoms with E-state index in [2.05, 4.69) is 31.4 Å². The Balaban J connectivity index is 1.55. The monoisotopic (exact) mass is 464 g/mol. The van der Waals surface area contributed by atoms with E-state index in [4.69, 9.17) is 4.74 Å². The highest BCUT2D eigenvalue weighted by atomic mass is 16.5. The lowest BCUT2D eigenvalue weighted by molar-refractivity contribution is -0.148. The van der Waals surface area contributed by atoms with Crippen molar-refractivity contribution < 1.29 is 19.1 Å². The molecule has 0 spiro atoms. The number of hydrogen-bond donors (Lipinski definition) is 4. The second-order valence-electron chi connectivity index (χ2n) is 8.28. The molecule has 10 nitrogen and oxygen atoms in total. The van der Waals surface area contributed by atoms with E-state index in [1.54, 1.807) is 25.1 Å². The van der Waals surface area contributed by atoms with E-state index in [1.807, 2.05) is 30.3 Å². The van der Waals surface area contributed by atoms with Gasteiger partial charge in [0.15, 0.2) is 0 Å². The van der Waals surface area contributed by atoms with Gasteiger partial charge in [-0.2, -0.15) is 15.4 Å². The van der Waals surface area contributed by atoms with Crippen LogP contribution in [0.1, 0.15) is 35.7 Å². The molecule has 10 heteroatoms. The highest BCUT2D eigenvalue weighted by molar-refractivity contribution is 6.01. The molecule has 2 heterocycles. The van der Waals surface area contributed by atoms with Crippen LogP contribution < -0.4 is 16.0 Å². The van der Waals surface area contributed by atoms with Crippen LogP contribution in [0.15, 0.2) is 48.5 Å². The molecule has 0 bridgehead atoms. The van der Waals surface area contributed by atoms with E-state index in [1.165, 1.54) is 0 Å². The van der Waals surface area contributed by atoms with Crippen LogP contribution in [0.25, 0.3) is 11.0 Å². The fraction of sp³-hybridized carbons (Fsp3) is 0.375. The number of fused-ring (bicyclic) bond motifs is 1. The van der Waals surface area contributed by atoms with Gasteiger partial charge in [0.2, 0.25) is 5.91 Å². The molecule has 1 aliphatic heterocycles. The Morgan fingerprint density at radius 1 is 1.06 bits per heavy atom. The molecule has 4 rings (SSSR count). The zero-order chi connectivity index (χ0) is 24.0. The Morgan fingerprint density at radius 2 is 1.79 bits per heavy atom. The van der Waals surface area contributed by atoms with Crippen LogP contribution in [0, 0.1) is 0 Å². The van der Waals surface area contributed by atoms with E-state index in [-0.39, 0.29) is 13.0 Å². The fourth-order valence-corrected chi connectivity index (χ4v) is 4.12. The Labute approximate surface area is 196 Å². The largest absolute Gasteiger partial charge is 0.464 e. The number of carbonyl (C=O) groups excluding carboxylic acids is 3. The maximum atomic E-state index is 13.6. The number of carbonyl (C=O) groups is 3. The van der Waals surface area contributed by atoms with Crippen LogP contribution in [0.2, 0.25) is 0 Å². The third-order valence-corrected chi connectivity index (χ3v) is 5.98. The quantitative estimate of drug-likeness (QED) is 0.366. The van der Waals surface area contributed by atoms with Gasteiger partial charge < -0.3 is 20.7 Å². The molecule has 1 unspecified atom stereocenters. The van der Waals surface area contributed by atoms with Gasteiger partial charge in [0.25, 0.3) is 5.91 Å². The number of hydrogen-bond acceptors (Lipinski definition) is 7. The van der Waals surface area contributed by atoms with Gasteiger partial charge in [-0.3, -0.25) is 9.59 Å². The molecule has 2 amide bonds. The Hall–Kier alpha value is -3.79. The predicted octanol–water partition coefficient (Wildman–Crippen LogP) is 1.10. The minimum atomic E-state index is -1.16. The number of aromatic nitrogens is 3. The van der Waals surface area contributed by atoms with Gasteiger partial charge in [-0.1, -0.05) is 30.3 Å². The summed E-state index contributed by atoms with van der Waals surface area (Å²) in [6.07, 6.45) is 1.06. The first-order valence-corrected chi connectivity index (χ1v) is 11.4. The smallest absolute Gasteiger partial charge is 0.328 e. The highest BCUT2D eigenvalue weighted by Gasteiger charge is 2.42. The summed E-state index contributed by atoms with van der Waals surface area (Å²) < 4.78 is 5.21. The second-order valence-corrected chi connectivity index (χ2v) is 8.28. The van der Waals surface area contributed by atoms with Crippen molar-refractivity contribution in [2.75, 3.05) is 19.7 Å². The molecule has 2 aromatic carbocycles.